The number of nitrogen functional groups attached to an aromatic ring is 1. The Balaban J connectivity index is 1.41. The summed E-state index contributed by atoms with van der Waals surface area (Å²) in [6, 6.07) is 0. The number of anilines is 1. The van der Waals surface area contributed by atoms with Crippen molar-refractivity contribution in [2.45, 2.75) is 109 Å². The normalized spacial score (nSPS) is 21.6. The van der Waals surface area contributed by atoms with Crippen LogP contribution in [-0.2, 0) is 50.7 Å². The number of aromatic nitrogens is 4. The Bertz CT molecular complexity index is 1890. The number of aliphatic hydroxyl groups excluding tert-OH is 3. The van der Waals surface area contributed by atoms with Gasteiger partial charge in [-0.1, -0.05) is 51.8 Å². The molecule has 25 nitrogen and oxygen atoms in total. The zero-order valence-corrected chi connectivity index (χ0v) is 36.5. The van der Waals surface area contributed by atoms with Gasteiger partial charge in [0.25, 0.3) is 0 Å². The topological polar surface area (TPSA) is 384 Å². The van der Waals surface area contributed by atoms with Crippen molar-refractivity contribution in [3.8, 4) is 0 Å². The van der Waals surface area contributed by atoms with Gasteiger partial charge >= 0.3 is 23.5 Å². The van der Waals surface area contributed by atoms with E-state index in [0.29, 0.717) is 31.4 Å². The van der Waals surface area contributed by atoms with Gasteiger partial charge in [-0.25, -0.2) is 28.6 Å². The lowest BCUT2D eigenvalue weighted by molar-refractivity contribution is -0.137. The van der Waals surface area contributed by atoms with Gasteiger partial charge in [0.15, 0.2) is 22.8 Å². The van der Waals surface area contributed by atoms with Gasteiger partial charge < -0.3 is 56.0 Å². The van der Waals surface area contributed by atoms with Crippen molar-refractivity contribution in [2.75, 3.05) is 37.8 Å². The molecule has 2 aromatic heterocycles. The maximum atomic E-state index is 12.7. The molecule has 60 heavy (non-hydrogen) atoms. The summed E-state index contributed by atoms with van der Waals surface area (Å²) in [6.45, 7) is 2.53. The van der Waals surface area contributed by atoms with Gasteiger partial charge in [-0.15, -0.1) is 0 Å². The van der Waals surface area contributed by atoms with Crippen LogP contribution in [0.3, 0.4) is 0 Å². The standard InChI is InChI=1S/C31H54N7O18P3S/c1-4-5-6-8-19(39)9-7-10-22(41)60-14-13-33-21(40)11-12-34-29(44)26(43)31(2,3)16-53-59(50,51)56-58(48,49)52-15-20-25(55-57(45,46)47)24(42)30(54-20)38-18-37-23-27(32)35-17-36-28(23)38/h17-20,24-26,30,39,42-43H,4-16H2,1-3H3,(H,33,40)(H,34,44)(H,48,49)(H,50,51)(H2,32,35,36)(H2,45,46,47). The number of nitrogens with zero attached hydrogens (tertiary/aromatic N) is 4. The lowest BCUT2D eigenvalue weighted by Crippen LogP contribution is -2.46. The van der Waals surface area contributed by atoms with Crippen molar-refractivity contribution < 1.29 is 85.6 Å². The van der Waals surface area contributed by atoms with Crippen LogP contribution in [0, 0.1) is 5.41 Å². The molecule has 3 heterocycles. The summed E-state index contributed by atoms with van der Waals surface area (Å²) in [4.78, 5) is 87.9. The first-order valence-corrected chi connectivity index (χ1v) is 24.2. The molecule has 1 fully saturated rings. The minimum Gasteiger partial charge on any atom is -0.393 e. The van der Waals surface area contributed by atoms with Crippen molar-refractivity contribution in [3.05, 3.63) is 12.7 Å². The number of fused-ring (bicyclic) bond motifs is 1. The largest absolute Gasteiger partial charge is 0.481 e. The quantitative estimate of drug-likeness (QED) is 0.0437. The van der Waals surface area contributed by atoms with Crippen molar-refractivity contribution in [1.29, 1.82) is 0 Å². The molecule has 342 valence electrons. The number of nitrogens with one attached hydrogen (secondary N) is 2. The maximum absolute atomic E-state index is 12.7. The van der Waals surface area contributed by atoms with Gasteiger partial charge in [-0.3, -0.25) is 32.5 Å². The van der Waals surface area contributed by atoms with Gasteiger partial charge in [0, 0.05) is 37.1 Å². The zero-order valence-electron chi connectivity index (χ0n) is 33.0. The van der Waals surface area contributed by atoms with Crippen LogP contribution in [0.15, 0.2) is 12.7 Å². The van der Waals surface area contributed by atoms with Gasteiger partial charge in [0.1, 0.15) is 36.3 Å². The summed E-state index contributed by atoms with van der Waals surface area (Å²) < 4.78 is 62.2. The van der Waals surface area contributed by atoms with E-state index in [4.69, 9.17) is 19.5 Å². The minimum atomic E-state index is -5.58. The lowest BCUT2D eigenvalue weighted by Gasteiger charge is -2.30. The van der Waals surface area contributed by atoms with E-state index in [1.54, 1.807) is 0 Å². The van der Waals surface area contributed by atoms with Gasteiger partial charge in [0.2, 0.25) is 11.8 Å². The Labute approximate surface area is 348 Å². The highest BCUT2D eigenvalue weighted by atomic mass is 32.2. The summed E-state index contributed by atoms with van der Waals surface area (Å²) in [6.07, 6.45) is -2.16. The zero-order chi connectivity index (χ0) is 44.9. The van der Waals surface area contributed by atoms with Crippen LogP contribution in [-0.4, -0.2) is 134 Å². The lowest BCUT2D eigenvalue weighted by atomic mass is 9.87. The second-order valence-corrected chi connectivity index (χ2v) is 19.7. The number of unbranched alkanes of at least 4 members (excludes halogenated alkanes) is 2. The van der Waals surface area contributed by atoms with Crippen molar-refractivity contribution in [1.82, 2.24) is 30.2 Å². The van der Waals surface area contributed by atoms with E-state index < -0.39 is 90.7 Å². The molecule has 29 heteroatoms. The Kier molecular flexibility index (Phi) is 20.1. The molecular weight excluding hydrogens is 883 g/mol. The van der Waals surface area contributed by atoms with Crippen molar-refractivity contribution in [3.63, 3.8) is 0 Å². The summed E-state index contributed by atoms with van der Waals surface area (Å²) >= 11 is 1.06. The third-order valence-corrected chi connectivity index (χ3v) is 12.9. The van der Waals surface area contributed by atoms with Gasteiger partial charge in [0.05, 0.1) is 25.6 Å². The molecule has 8 unspecified atom stereocenters. The monoisotopic (exact) mass is 937 g/mol. The fourth-order valence-corrected chi connectivity index (χ4v) is 9.17. The van der Waals surface area contributed by atoms with Crippen LogP contribution in [0.2, 0.25) is 0 Å². The molecule has 1 aliphatic rings. The van der Waals surface area contributed by atoms with E-state index >= 15 is 0 Å². The fourth-order valence-electron chi connectivity index (χ4n) is 5.62. The van der Waals surface area contributed by atoms with Crippen LogP contribution in [0.4, 0.5) is 5.82 Å². The summed E-state index contributed by atoms with van der Waals surface area (Å²) in [7, 11) is -16.4. The van der Waals surface area contributed by atoms with Gasteiger partial charge in [-0.05, 0) is 19.3 Å². The number of thioether (sulfide) groups is 1. The van der Waals surface area contributed by atoms with E-state index in [1.807, 2.05) is 0 Å². The number of phosphoric ester groups is 3. The minimum absolute atomic E-state index is 0.0279. The molecule has 8 atom stereocenters. The average Bonchev–Trinajstić information content (AvgIpc) is 3.71. The van der Waals surface area contributed by atoms with Crippen LogP contribution >= 0.6 is 35.2 Å². The molecule has 2 amide bonds. The molecular formula is C31H54N7O18P3S. The second kappa shape index (κ2) is 23.3. The number of phosphoric acid groups is 3. The molecule has 3 rings (SSSR count). The van der Waals surface area contributed by atoms with Crippen LogP contribution in [0.1, 0.15) is 78.4 Å². The number of ether oxygens (including phenoxy) is 1. The molecule has 0 saturated carbocycles. The summed E-state index contributed by atoms with van der Waals surface area (Å²) in [5.74, 6) is -1.15. The molecule has 1 aliphatic heterocycles. The number of nitrogens with two attached hydrogens (primary N) is 1. The Morgan fingerprint density at radius 1 is 0.983 bits per heavy atom. The van der Waals surface area contributed by atoms with Crippen molar-refractivity contribution >= 4 is 69.1 Å². The highest BCUT2D eigenvalue weighted by Gasteiger charge is 2.50. The third-order valence-electron chi connectivity index (χ3n) is 8.82. The molecule has 1 saturated heterocycles. The molecule has 0 aliphatic carbocycles. The van der Waals surface area contributed by atoms with Gasteiger partial charge in [-0.2, -0.15) is 4.31 Å². The first-order valence-electron chi connectivity index (χ1n) is 18.7. The van der Waals surface area contributed by atoms with E-state index in [2.05, 4.69) is 41.3 Å². The Morgan fingerprint density at radius 2 is 1.67 bits per heavy atom. The van der Waals surface area contributed by atoms with Crippen molar-refractivity contribution in [2.24, 2.45) is 5.41 Å². The maximum Gasteiger partial charge on any atom is 0.481 e. The molecule has 0 aromatic carbocycles. The smallest absolute Gasteiger partial charge is 0.393 e. The number of hydrogen-bond acceptors (Lipinski definition) is 19. The van der Waals surface area contributed by atoms with E-state index in [1.165, 1.54) is 13.8 Å². The Hall–Kier alpha value is -2.48. The molecule has 0 radical (unpaired) electrons. The number of carbonyl (C=O) groups is 3. The number of imidazole rings is 1. The number of carbonyl (C=O) groups excluding carboxylic acids is 3. The molecule has 2 aromatic rings. The highest BCUT2D eigenvalue weighted by molar-refractivity contribution is 8.13. The number of amides is 2. The molecule has 0 bridgehead atoms. The van der Waals surface area contributed by atoms with Crippen LogP contribution in [0.5, 0.6) is 0 Å². The van der Waals surface area contributed by atoms with Crippen LogP contribution in [0.25, 0.3) is 11.2 Å². The second-order valence-electron chi connectivity index (χ2n) is 14.3. The third kappa shape index (κ3) is 17.0. The Morgan fingerprint density at radius 3 is 2.35 bits per heavy atom. The summed E-state index contributed by atoms with van der Waals surface area (Å²) in [5.41, 5.74) is 4.25. The number of hydrogen-bond donors (Lipinski definition) is 10. The molecule has 11 N–H and O–H groups in total. The predicted molar refractivity (Wildman–Crippen MR) is 211 cm³/mol. The van der Waals surface area contributed by atoms with E-state index in [0.717, 1.165) is 48.2 Å². The predicted octanol–water partition coefficient (Wildman–Crippen LogP) is 0.776. The molecule has 0 spiro atoms. The fraction of sp³-hybridized carbons (Fsp3) is 0.742. The van der Waals surface area contributed by atoms with Crippen LogP contribution < -0.4 is 16.4 Å². The van der Waals surface area contributed by atoms with E-state index in [9.17, 15) is 63.0 Å². The average molecular weight is 938 g/mol. The summed E-state index contributed by atoms with van der Waals surface area (Å²) in [5, 5.41) is 36.3. The number of rotatable bonds is 27. The first kappa shape index (κ1) is 51.9. The van der Waals surface area contributed by atoms with E-state index in [-0.39, 0.29) is 41.6 Å². The highest BCUT2D eigenvalue weighted by Crippen LogP contribution is 2.61. The first-order chi connectivity index (χ1) is 27.9. The number of aliphatic hydroxyl groups is 3. The SMILES string of the molecule is CCCCCC(O)CCCC(=O)SCCNC(=O)CCNC(=O)C(O)C(C)(C)COP(=O)(O)OP(=O)(O)OCC1OC(n2cnc3c(N)ncnc32)C(O)C1OP(=O)(O)O.